The SMILES string of the molecule is COc1ccc(OCCCOCC(C)(C)N2C(=O)c3ccccc3C2=O)cc1. The molecule has 0 N–H and O–H groups in total. The van der Waals surface area contributed by atoms with Gasteiger partial charge >= 0.3 is 0 Å². The van der Waals surface area contributed by atoms with Crippen LogP contribution in [0.5, 0.6) is 11.5 Å². The monoisotopic (exact) mass is 383 g/mol. The van der Waals surface area contributed by atoms with E-state index in [1.165, 1.54) is 4.90 Å². The summed E-state index contributed by atoms with van der Waals surface area (Å²) in [5, 5.41) is 0. The number of hydrogen-bond donors (Lipinski definition) is 0. The predicted octanol–water partition coefficient (Wildman–Crippen LogP) is 3.56. The van der Waals surface area contributed by atoms with Gasteiger partial charge in [0.05, 0.1) is 37.0 Å². The third kappa shape index (κ3) is 4.17. The molecule has 2 aromatic carbocycles. The second kappa shape index (κ2) is 8.44. The zero-order chi connectivity index (χ0) is 20.1. The fraction of sp³-hybridized carbons (Fsp3) is 0.364. The normalized spacial score (nSPS) is 13.6. The molecule has 0 aromatic heterocycles. The molecule has 1 aliphatic heterocycles. The highest BCUT2D eigenvalue weighted by molar-refractivity contribution is 6.21. The van der Waals surface area contributed by atoms with E-state index in [0.29, 0.717) is 30.8 Å². The van der Waals surface area contributed by atoms with Gasteiger partial charge in [-0.25, -0.2) is 0 Å². The van der Waals surface area contributed by atoms with Crippen molar-refractivity contribution in [3.05, 3.63) is 59.7 Å². The molecule has 2 aromatic rings. The van der Waals surface area contributed by atoms with Crippen molar-refractivity contribution in [3.8, 4) is 11.5 Å². The third-order valence-electron chi connectivity index (χ3n) is 4.62. The zero-order valence-electron chi connectivity index (χ0n) is 16.4. The van der Waals surface area contributed by atoms with E-state index in [0.717, 1.165) is 11.5 Å². The lowest BCUT2D eigenvalue weighted by Gasteiger charge is -2.33. The van der Waals surface area contributed by atoms with E-state index in [2.05, 4.69) is 0 Å². The maximum Gasteiger partial charge on any atom is 0.262 e. The number of methoxy groups -OCH3 is 1. The van der Waals surface area contributed by atoms with Crippen LogP contribution in [0, 0.1) is 0 Å². The molecule has 0 unspecified atom stereocenters. The molecule has 3 rings (SSSR count). The van der Waals surface area contributed by atoms with Crippen molar-refractivity contribution >= 4 is 11.8 Å². The minimum Gasteiger partial charge on any atom is -0.497 e. The Morgan fingerprint density at radius 3 is 2.00 bits per heavy atom. The summed E-state index contributed by atoms with van der Waals surface area (Å²) in [7, 11) is 1.62. The van der Waals surface area contributed by atoms with E-state index in [9.17, 15) is 9.59 Å². The summed E-state index contributed by atoms with van der Waals surface area (Å²) < 4.78 is 16.5. The fourth-order valence-corrected chi connectivity index (χ4v) is 3.15. The number of imide groups is 1. The van der Waals surface area contributed by atoms with Crippen LogP contribution < -0.4 is 9.47 Å². The van der Waals surface area contributed by atoms with Gasteiger partial charge in [-0.05, 0) is 50.2 Å². The van der Waals surface area contributed by atoms with Crippen LogP contribution in [0.15, 0.2) is 48.5 Å². The molecule has 0 atom stereocenters. The van der Waals surface area contributed by atoms with Crippen molar-refractivity contribution in [1.82, 2.24) is 4.90 Å². The van der Waals surface area contributed by atoms with Gasteiger partial charge in [-0.2, -0.15) is 0 Å². The number of nitrogens with zero attached hydrogens (tertiary/aromatic N) is 1. The first kappa shape index (κ1) is 19.9. The van der Waals surface area contributed by atoms with Crippen LogP contribution in [0.25, 0.3) is 0 Å². The van der Waals surface area contributed by atoms with Crippen LogP contribution in [0.3, 0.4) is 0 Å². The molecular weight excluding hydrogens is 358 g/mol. The number of hydrogen-bond acceptors (Lipinski definition) is 5. The minimum absolute atomic E-state index is 0.265. The second-order valence-electron chi connectivity index (χ2n) is 7.23. The average Bonchev–Trinajstić information content (AvgIpc) is 2.96. The molecule has 28 heavy (non-hydrogen) atoms. The smallest absolute Gasteiger partial charge is 0.262 e. The Morgan fingerprint density at radius 1 is 0.857 bits per heavy atom. The lowest BCUT2D eigenvalue weighted by Crippen LogP contribution is -2.50. The van der Waals surface area contributed by atoms with Crippen molar-refractivity contribution in [3.63, 3.8) is 0 Å². The van der Waals surface area contributed by atoms with Crippen LogP contribution in [0.1, 0.15) is 41.0 Å². The van der Waals surface area contributed by atoms with E-state index < -0.39 is 5.54 Å². The number of benzene rings is 2. The largest absolute Gasteiger partial charge is 0.497 e. The lowest BCUT2D eigenvalue weighted by molar-refractivity contribution is 0.0141. The first-order chi connectivity index (χ1) is 13.4. The molecule has 148 valence electrons. The molecule has 0 saturated carbocycles. The summed E-state index contributed by atoms with van der Waals surface area (Å²) in [6, 6.07) is 14.3. The highest BCUT2D eigenvalue weighted by Gasteiger charge is 2.43. The van der Waals surface area contributed by atoms with Crippen molar-refractivity contribution in [2.24, 2.45) is 0 Å². The van der Waals surface area contributed by atoms with Crippen LogP contribution in [-0.2, 0) is 4.74 Å². The Labute approximate surface area is 165 Å². The summed E-state index contributed by atoms with van der Waals surface area (Å²) in [4.78, 5) is 26.5. The summed E-state index contributed by atoms with van der Waals surface area (Å²) in [5.74, 6) is 1.02. The van der Waals surface area contributed by atoms with Gasteiger partial charge in [-0.1, -0.05) is 12.1 Å². The van der Waals surface area contributed by atoms with E-state index in [4.69, 9.17) is 14.2 Å². The van der Waals surface area contributed by atoms with Crippen molar-refractivity contribution in [2.75, 3.05) is 26.9 Å². The van der Waals surface area contributed by atoms with E-state index in [1.54, 1.807) is 31.4 Å². The molecule has 6 heteroatoms. The first-order valence-electron chi connectivity index (χ1n) is 9.26. The molecule has 1 aliphatic rings. The number of carbonyl (C=O) groups is 2. The Kier molecular flexibility index (Phi) is 5.99. The number of ether oxygens (including phenoxy) is 3. The Hall–Kier alpha value is -2.86. The van der Waals surface area contributed by atoms with Gasteiger partial charge in [-0.3, -0.25) is 14.5 Å². The Balaban J connectivity index is 1.44. The number of amides is 2. The standard InChI is InChI=1S/C22H25NO5/c1-22(2,23-20(24)18-7-4-5-8-19(18)21(23)25)15-27-13-6-14-28-17-11-9-16(26-3)10-12-17/h4-5,7-12H,6,13-15H2,1-3H3. The van der Waals surface area contributed by atoms with Gasteiger partial charge in [0.1, 0.15) is 11.5 Å². The molecule has 0 saturated heterocycles. The number of fused-ring (bicyclic) bond motifs is 1. The van der Waals surface area contributed by atoms with Crippen molar-refractivity contribution in [2.45, 2.75) is 25.8 Å². The van der Waals surface area contributed by atoms with Gasteiger partial charge in [0.25, 0.3) is 11.8 Å². The number of rotatable bonds is 9. The van der Waals surface area contributed by atoms with Gasteiger partial charge in [0, 0.05) is 13.0 Å². The highest BCUT2D eigenvalue weighted by atomic mass is 16.5. The molecule has 0 bridgehead atoms. The van der Waals surface area contributed by atoms with Gasteiger partial charge < -0.3 is 14.2 Å². The van der Waals surface area contributed by atoms with E-state index in [-0.39, 0.29) is 18.4 Å². The molecule has 0 spiro atoms. The topological polar surface area (TPSA) is 65.1 Å². The van der Waals surface area contributed by atoms with E-state index in [1.807, 2.05) is 38.1 Å². The van der Waals surface area contributed by atoms with Crippen LogP contribution in [0.4, 0.5) is 0 Å². The molecule has 2 amide bonds. The van der Waals surface area contributed by atoms with Crippen molar-refractivity contribution in [1.29, 1.82) is 0 Å². The fourth-order valence-electron chi connectivity index (χ4n) is 3.15. The summed E-state index contributed by atoms with van der Waals surface area (Å²) in [6.07, 6.45) is 0.699. The summed E-state index contributed by atoms with van der Waals surface area (Å²) >= 11 is 0. The van der Waals surface area contributed by atoms with Crippen molar-refractivity contribution < 1.29 is 23.8 Å². The quantitative estimate of drug-likeness (QED) is 0.489. The summed E-state index contributed by atoms with van der Waals surface area (Å²) in [5.41, 5.74) is 0.172. The second-order valence-corrected chi connectivity index (χ2v) is 7.23. The van der Waals surface area contributed by atoms with Gasteiger partial charge in [0.15, 0.2) is 0 Å². The maximum absolute atomic E-state index is 12.6. The third-order valence-corrected chi connectivity index (χ3v) is 4.62. The molecular formula is C22H25NO5. The summed E-state index contributed by atoms with van der Waals surface area (Å²) in [6.45, 7) is 4.93. The minimum atomic E-state index is -0.732. The average molecular weight is 383 g/mol. The molecule has 0 aliphatic carbocycles. The lowest BCUT2D eigenvalue weighted by atomic mass is 10.0. The molecule has 0 fully saturated rings. The van der Waals surface area contributed by atoms with Gasteiger partial charge in [-0.15, -0.1) is 0 Å². The van der Waals surface area contributed by atoms with Gasteiger partial charge in [0.2, 0.25) is 0 Å². The molecule has 1 heterocycles. The molecule has 6 nitrogen and oxygen atoms in total. The Bertz CT molecular complexity index is 809. The molecule has 0 radical (unpaired) electrons. The first-order valence-corrected chi connectivity index (χ1v) is 9.26. The maximum atomic E-state index is 12.6. The Morgan fingerprint density at radius 2 is 1.43 bits per heavy atom. The highest BCUT2D eigenvalue weighted by Crippen LogP contribution is 2.29. The van der Waals surface area contributed by atoms with E-state index >= 15 is 0 Å². The zero-order valence-corrected chi connectivity index (χ0v) is 16.4. The predicted molar refractivity (Wildman–Crippen MR) is 105 cm³/mol. The van der Waals surface area contributed by atoms with Crippen LogP contribution in [-0.4, -0.2) is 49.2 Å². The van der Waals surface area contributed by atoms with Crippen LogP contribution in [0.2, 0.25) is 0 Å². The number of carbonyl (C=O) groups excluding carboxylic acids is 2. The van der Waals surface area contributed by atoms with Crippen LogP contribution >= 0.6 is 0 Å².